The number of thiophene rings is 1. The van der Waals surface area contributed by atoms with Crippen LogP contribution in [-0.4, -0.2) is 28.9 Å². The molecule has 4 aromatic rings. The van der Waals surface area contributed by atoms with Crippen molar-refractivity contribution in [3.8, 4) is 11.5 Å². The summed E-state index contributed by atoms with van der Waals surface area (Å²) in [6.45, 7) is 0.0213. The van der Waals surface area contributed by atoms with Crippen molar-refractivity contribution in [3.05, 3.63) is 86.4 Å². The van der Waals surface area contributed by atoms with E-state index in [1.165, 1.54) is 20.8 Å². The number of likely N-dealkylation sites (N-methyl/N-ethyl adjacent to an activating group) is 1. The molecule has 162 valence electrons. The van der Waals surface area contributed by atoms with Gasteiger partial charge in [-0.3, -0.25) is 18.7 Å². The Labute approximate surface area is 186 Å². The van der Waals surface area contributed by atoms with Crippen molar-refractivity contribution >= 4 is 33.1 Å². The molecule has 3 heterocycles. The Morgan fingerprint density at radius 3 is 2.62 bits per heavy atom. The van der Waals surface area contributed by atoms with E-state index in [0.29, 0.717) is 21.7 Å². The van der Waals surface area contributed by atoms with E-state index in [-0.39, 0.29) is 31.3 Å². The number of hydrogen-bond acceptors (Lipinski definition) is 6. The standard InChI is InChI=1S/C23H19N3O5S/c1-24(16-5-3-2-4-6-16)20(27)13-25-17-9-10-32-21(17)22(28)26(23(25)29)12-15-7-8-18-19(11-15)31-14-30-18/h2-11H,12-14H2,1H3. The first-order valence-corrected chi connectivity index (χ1v) is 10.8. The minimum Gasteiger partial charge on any atom is -0.454 e. The van der Waals surface area contributed by atoms with Crippen LogP contribution in [0.25, 0.3) is 10.2 Å². The minimum absolute atomic E-state index is 0.0604. The van der Waals surface area contributed by atoms with Crippen molar-refractivity contribution in [2.75, 3.05) is 18.7 Å². The quantitative estimate of drug-likeness (QED) is 0.468. The molecule has 8 nitrogen and oxygen atoms in total. The molecule has 0 fully saturated rings. The highest BCUT2D eigenvalue weighted by Crippen LogP contribution is 2.32. The van der Waals surface area contributed by atoms with E-state index in [0.717, 1.165) is 15.8 Å². The van der Waals surface area contributed by atoms with Gasteiger partial charge in [-0.2, -0.15) is 0 Å². The molecular weight excluding hydrogens is 430 g/mol. The summed E-state index contributed by atoms with van der Waals surface area (Å²) in [6.07, 6.45) is 0. The molecule has 5 rings (SSSR count). The fraction of sp³-hybridized carbons (Fsp3) is 0.174. The van der Waals surface area contributed by atoms with Crippen LogP contribution < -0.4 is 25.6 Å². The van der Waals surface area contributed by atoms with Gasteiger partial charge in [0.15, 0.2) is 11.5 Å². The van der Waals surface area contributed by atoms with Gasteiger partial charge in [0.2, 0.25) is 12.7 Å². The molecule has 0 bridgehead atoms. The van der Waals surface area contributed by atoms with Crippen molar-refractivity contribution in [3.63, 3.8) is 0 Å². The number of ether oxygens (including phenoxy) is 2. The number of para-hydroxylation sites is 1. The first-order valence-electron chi connectivity index (χ1n) is 9.94. The van der Waals surface area contributed by atoms with Gasteiger partial charge in [0.1, 0.15) is 11.2 Å². The molecule has 0 spiro atoms. The van der Waals surface area contributed by atoms with E-state index in [4.69, 9.17) is 9.47 Å². The van der Waals surface area contributed by atoms with Crippen LogP contribution in [0, 0.1) is 0 Å². The molecule has 9 heteroatoms. The third-order valence-electron chi connectivity index (χ3n) is 5.43. The zero-order chi connectivity index (χ0) is 22.2. The molecule has 1 aliphatic rings. The predicted molar refractivity (Wildman–Crippen MR) is 122 cm³/mol. The van der Waals surface area contributed by atoms with Crippen LogP contribution in [0.4, 0.5) is 5.69 Å². The topological polar surface area (TPSA) is 82.8 Å². The maximum Gasteiger partial charge on any atom is 0.332 e. The lowest BCUT2D eigenvalue weighted by Gasteiger charge is -2.19. The predicted octanol–water partition coefficient (Wildman–Crippen LogP) is 2.66. The normalized spacial score (nSPS) is 12.3. The van der Waals surface area contributed by atoms with Gasteiger partial charge in [-0.05, 0) is 41.3 Å². The van der Waals surface area contributed by atoms with Gasteiger partial charge in [-0.1, -0.05) is 24.3 Å². The van der Waals surface area contributed by atoms with Crippen molar-refractivity contribution in [1.82, 2.24) is 9.13 Å². The highest BCUT2D eigenvalue weighted by Gasteiger charge is 2.20. The number of rotatable bonds is 5. The third-order valence-corrected chi connectivity index (χ3v) is 6.32. The summed E-state index contributed by atoms with van der Waals surface area (Å²) in [5.74, 6) is 0.939. The molecule has 1 aliphatic heterocycles. The Bertz CT molecular complexity index is 1440. The van der Waals surface area contributed by atoms with E-state index < -0.39 is 5.69 Å². The zero-order valence-corrected chi connectivity index (χ0v) is 18.0. The number of carbonyl (C=O) groups is 1. The summed E-state index contributed by atoms with van der Waals surface area (Å²) in [5.41, 5.74) is 0.998. The summed E-state index contributed by atoms with van der Waals surface area (Å²) in [4.78, 5) is 40.9. The van der Waals surface area contributed by atoms with Gasteiger partial charge >= 0.3 is 5.69 Å². The van der Waals surface area contributed by atoms with E-state index in [1.807, 2.05) is 30.3 Å². The lowest BCUT2D eigenvalue weighted by molar-refractivity contribution is -0.118. The molecule has 2 aromatic heterocycles. The van der Waals surface area contributed by atoms with Crippen LogP contribution in [0.15, 0.2) is 69.6 Å². The first kappa shape index (κ1) is 20.1. The van der Waals surface area contributed by atoms with Gasteiger partial charge in [0, 0.05) is 12.7 Å². The first-order chi connectivity index (χ1) is 15.5. The molecule has 0 radical (unpaired) electrons. The second kappa shape index (κ2) is 8.01. The SMILES string of the molecule is CN(C(=O)Cn1c(=O)n(Cc2ccc3c(c2)OCO3)c(=O)c2sccc21)c1ccccc1. The Kier molecular flexibility index (Phi) is 5.02. The van der Waals surface area contributed by atoms with Gasteiger partial charge in [-0.25, -0.2) is 4.79 Å². The van der Waals surface area contributed by atoms with Gasteiger partial charge in [-0.15, -0.1) is 11.3 Å². The molecular formula is C23H19N3O5S. The molecule has 1 amide bonds. The monoisotopic (exact) mass is 449 g/mol. The molecule has 0 saturated carbocycles. The van der Waals surface area contributed by atoms with Gasteiger partial charge in [0.25, 0.3) is 5.56 Å². The van der Waals surface area contributed by atoms with Gasteiger partial charge in [0.05, 0.1) is 12.1 Å². The summed E-state index contributed by atoms with van der Waals surface area (Å²) in [6, 6.07) is 16.2. The highest BCUT2D eigenvalue weighted by atomic mass is 32.1. The smallest absolute Gasteiger partial charge is 0.332 e. The number of benzene rings is 2. The van der Waals surface area contributed by atoms with Crippen LogP contribution in [0.3, 0.4) is 0 Å². The number of aromatic nitrogens is 2. The Balaban J connectivity index is 1.53. The molecule has 32 heavy (non-hydrogen) atoms. The Hall–Kier alpha value is -3.85. The number of nitrogens with zero attached hydrogens (tertiary/aromatic N) is 3. The summed E-state index contributed by atoms with van der Waals surface area (Å²) in [5, 5.41) is 1.75. The van der Waals surface area contributed by atoms with Crippen molar-refractivity contribution in [1.29, 1.82) is 0 Å². The van der Waals surface area contributed by atoms with E-state index in [2.05, 4.69) is 0 Å². The van der Waals surface area contributed by atoms with E-state index in [9.17, 15) is 14.4 Å². The van der Waals surface area contributed by atoms with Crippen LogP contribution in [0.5, 0.6) is 11.5 Å². The van der Waals surface area contributed by atoms with E-state index in [1.54, 1.807) is 36.7 Å². The van der Waals surface area contributed by atoms with Crippen molar-refractivity contribution in [2.24, 2.45) is 0 Å². The Morgan fingerprint density at radius 2 is 1.81 bits per heavy atom. The number of amides is 1. The van der Waals surface area contributed by atoms with Crippen LogP contribution >= 0.6 is 11.3 Å². The lowest BCUT2D eigenvalue weighted by Crippen LogP contribution is -2.42. The molecule has 0 unspecified atom stereocenters. The minimum atomic E-state index is -0.534. The highest BCUT2D eigenvalue weighted by molar-refractivity contribution is 7.17. The molecule has 0 atom stereocenters. The molecule has 0 N–H and O–H groups in total. The maximum atomic E-state index is 13.3. The lowest BCUT2D eigenvalue weighted by atomic mass is 10.2. The zero-order valence-electron chi connectivity index (χ0n) is 17.2. The van der Waals surface area contributed by atoms with Crippen LogP contribution in [0.2, 0.25) is 0 Å². The second-order valence-corrected chi connectivity index (χ2v) is 8.29. The summed E-state index contributed by atoms with van der Waals surface area (Å²) < 4.78 is 13.7. The number of anilines is 1. The maximum absolute atomic E-state index is 13.3. The fourth-order valence-electron chi connectivity index (χ4n) is 3.68. The average molecular weight is 449 g/mol. The third kappa shape index (κ3) is 3.46. The Morgan fingerprint density at radius 1 is 1.03 bits per heavy atom. The number of fused-ring (bicyclic) bond motifs is 2. The molecule has 0 saturated heterocycles. The largest absolute Gasteiger partial charge is 0.454 e. The summed E-state index contributed by atoms with van der Waals surface area (Å²) >= 11 is 1.25. The van der Waals surface area contributed by atoms with Crippen molar-refractivity contribution < 1.29 is 14.3 Å². The van der Waals surface area contributed by atoms with Crippen LogP contribution in [0.1, 0.15) is 5.56 Å². The van der Waals surface area contributed by atoms with Crippen LogP contribution in [-0.2, 0) is 17.9 Å². The van der Waals surface area contributed by atoms with E-state index >= 15 is 0 Å². The number of hydrogen-bond donors (Lipinski definition) is 0. The average Bonchev–Trinajstić information content (AvgIpc) is 3.49. The second-order valence-electron chi connectivity index (χ2n) is 7.37. The molecule has 0 aliphatic carbocycles. The van der Waals surface area contributed by atoms with Crippen molar-refractivity contribution in [2.45, 2.75) is 13.1 Å². The number of carbonyl (C=O) groups excluding carboxylic acids is 1. The molecule has 2 aromatic carbocycles. The fourth-order valence-corrected chi connectivity index (χ4v) is 4.53. The van der Waals surface area contributed by atoms with Gasteiger partial charge < -0.3 is 14.4 Å². The summed E-state index contributed by atoms with van der Waals surface area (Å²) in [7, 11) is 1.66.